The van der Waals surface area contributed by atoms with Crippen LogP contribution in [0.4, 0.5) is 4.39 Å². The first-order valence-electron chi connectivity index (χ1n) is 5.50. The van der Waals surface area contributed by atoms with Crippen molar-refractivity contribution in [2.24, 2.45) is 11.1 Å². The second kappa shape index (κ2) is 6.34. The van der Waals surface area contributed by atoms with E-state index in [0.29, 0.717) is 12.0 Å². The van der Waals surface area contributed by atoms with Gasteiger partial charge in [0.2, 0.25) is 0 Å². The highest BCUT2D eigenvalue weighted by atomic mass is 35.5. The van der Waals surface area contributed by atoms with Crippen molar-refractivity contribution >= 4 is 12.4 Å². The Morgan fingerprint density at radius 2 is 1.71 bits per heavy atom. The molecular formula is C13H21ClFNO. The van der Waals surface area contributed by atoms with E-state index < -0.39 is 6.10 Å². The summed E-state index contributed by atoms with van der Waals surface area (Å²) in [5.74, 6) is -0.295. The smallest absolute Gasteiger partial charge is 0.123 e. The lowest BCUT2D eigenvalue weighted by molar-refractivity contribution is 0.133. The molecule has 0 aliphatic heterocycles. The van der Waals surface area contributed by atoms with Crippen LogP contribution in [-0.2, 0) is 0 Å². The molecule has 0 fully saturated rings. The maximum Gasteiger partial charge on any atom is 0.123 e. The van der Waals surface area contributed by atoms with E-state index in [0.717, 1.165) is 0 Å². The van der Waals surface area contributed by atoms with Gasteiger partial charge < -0.3 is 10.8 Å². The highest BCUT2D eigenvalue weighted by Crippen LogP contribution is 2.26. The van der Waals surface area contributed by atoms with Gasteiger partial charge in [-0.25, -0.2) is 4.39 Å². The van der Waals surface area contributed by atoms with Crippen molar-refractivity contribution in [1.82, 2.24) is 0 Å². The van der Waals surface area contributed by atoms with Crippen molar-refractivity contribution in [2.45, 2.75) is 39.3 Å². The highest BCUT2D eigenvalue weighted by Gasteiger charge is 2.23. The lowest BCUT2D eigenvalue weighted by Crippen LogP contribution is -2.36. The summed E-state index contributed by atoms with van der Waals surface area (Å²) in [6.07, 6.45) is -0.149. The van der Waals surface area contributed by atoms with E-state index in [-0.39, 0.29) is 29.7 Å². The van der Waals surface area contributed by atoms with Gasteiger partial charge in [0.1, 0.15) is 5.82 Å². The molecule has 0 radical (unpaired) electrons. The molecule has 1 aromatic carbocycles. The predicted molar refractivity (Wildman–Crippen MR) is 70.7 cm³/mol. The molecule has 4 heteroatoms. The summed E-state index contributed by atoms with van der Waals surface area (Å²) < 4.78 is 12.7. The molecule has 0 saturated heterocycles. The van der Waals surface area contributed by atoms with Gasteiger partial charge in [-0.05, 0) is 29.5 Å². The standard InChI is InChI=1S/C13H20FNO.ClH/c1-13(2,3)12(15)8-11(16)9-4-6-10(14)7-5-9;/h4-7,11-12,16H,8,15H2,1-3H3;1H/t11-,12-;/m1./s1. The van der Waals surface area contributed by atoms with Crippen LogP contribution < -0.4 is 5.73 Å². The molecule has 1 aromatic rings. The van der Waals surface area contributed by atoms with Gasteiger partial charge >= 0.3 is 0 Å². The number of benzene rings is 1. The van der Waals surface area contributed by atoms with Gasteiger partial charge in [-0.15, -0.1) is 12.4 Å². The van der Waals surface area contributed by atoms with Crippen LogP contribution in [0.25, 0.3) is 0 Å². The fourth-order valence-electron chi connectivity index (χ4n) is 1.42. The molecule has 0 spiro atoms. The van der Waals surface area contributed by atoms with Gasteiger partial charge in [-0.1, -0.05) is 32.9 Å². The van der Waals surface area contributed by atoms with Crippen molar-refractivity contribution in [3.63, 3.8) is 0 Å². The minimum atomic E-state index is -0.630. The topological polar surface area (TPSA) is 46.2 Å². The lowest BCUT2D eigenvalue weighted by Gasteiger charge is -2.28. The Bertz CT molecular complexity index is 334. The SMILES string of the molecule is CC(C)(C)[C@H](N)C[C@@H](O)c1ccc(F)cc1.Cl. The van der Waals surface area contributed by atoms with Crippen LogP contribution in [0.1, 0.15) is 38.9 Å². The summed E-state index contributed by atoms with van der Waals surface area (Å²) in [7, 11) is 0. The van der Waals surface area contributed by atoms with Gasteiger partial charge in [0, 0.05) is 6.04 Å². The third-order valence-corrected chi connectivity index (χ3v) is 2.84. The summed E-state index contributed by atoms with van der Waals surface area (Å²) >= 11 is 0. The second-order valence-corrected chi connectivity index (χ2v) is 5.28. The van der Waals surface area contributed by atoms with Crippen LogP contribution >= 0.6 is 12.4 Å². The third-order valence-electron chi connectivity index (χ3n) is 2.84. The van der Waals surface area contributed by atoms with Crippen LogP contribution in [0.3, 0.4) is 0 Å². The Morgan fingerprint density at radius 1 is 1.24 bits per heavy atom. The molecule has 17 heavy (non-hydrogen) atoms. The minimum Gasteiger partial charge on any atom is -0.388 e. The normalized spacial score (nSPS) is 14.9. The van der Waals surface area contributed by atoms with Crippen LogP contribution in [0.2, 0.25) is 0 Å². The Hall–Kier alpha value is -0.640. The maximum absolute atomic E-state index is 12.7. The van der Waals surface area contributed by atoms with Crippen molar-refractivity contribution < 1.29 is 9.50 Å². The van der Waals surface area contributed by atoms with Crippen molar-refractivity contribution in [1.29, 1.82) is 0 Å². The molecule has 0 amide bonds. The van der Waals surface area contributed by atoms with E-state index >= 15 is 0 Å². The van der Waals surface area contributed by atoms with Gasteiger partial charge in [0.05, 0.1) is 6.10 Å². The number of halogens is 2. The zero-order valence-corrected chi connectivity index (χ0v) is 11.3. The number of aliphatic hydroxyl groups excluding tert-OH is 1. The number of hydrogen-bond acceptors (Lipinski definition) is 2. The molecule has 3 N–H and O–H groups in total. The average molecular weight is 262 g/mol. The maximum atomic E-state index is 12.7. The van der Waals surface area contributed by atoms with E-state index in [1.54, 1.807) is 12.1 Å². The number of rotatable bonds is 3. The molecule has 1 rings (SSSR count). The molecule has 2 nitrogen and oxygen atoms in total. The van der Waals surface area contributed by atoms with Gasteiger partial charge in [-0.2, -0.15) is 0 Å². The summed E-state index contributed by atoms with van der Waals surface area (Å²) in [4.78, 5) is 0. The van der Waals surface area contributed by atoms with E-state index in [4.69, 9.17) is 5.73 Å². The largest absolute Gasteiger partial charge is 0.388 e. The molecular weight excluding hydrogens is 241 g/mol. The van der Waals surface area contributed by atoms with E-state index in [2.05, 4.69) is 0 Å². The Kier molecular flexibility index (Phi) is 6.10. The molecule has 0 bridgehead atoms. The minimum absolute atomic E-state index is 0. The van der Waals surface area contributed by atoms with Crippen LogP contribution in [0.5, 0.6) is 0 Å². The first-order valence-corrected chi connectivity index (χ1v) is 5.50. The Labute approximate surface area is 108 Å². The third kappa shape index (κ3) is 5.02. The number of nitrogens with two attached hydrogens (primary N) is 1. The van der Waals surface area contributed by atoms with E-state index in [1.165, 1.54) is 12.1 Å². The van der Waals surface area contributed by atoms with Crippen LogP contribution in [0.15, 0.2) is 24.3 Å². The van der Waals surface area contributed by atoms with Crippen LogP contribution in [0, 0.1) is 11.2 Å². The molecule has 0 aromatic heterocycles. The number of aliphatic hydroxyl groups is 1. The van der Waals surface area contributed by atoms with E-state index in [1.807, 2.05) is 20.8 Å². The molecule has 0 unspecified atom stereocenters. The second-order valence-electron chi connectivity index (χ2n) is 5.28. The van der Waals surface area contributed by atoms with Crippen LogP contribution in [-0.4, -0.2) is 11.1 Å². The number of hydrogen-bond donors (Lipinski definition) is 2. The fourth-order valence-corrected chi connectivity index (χ4v) is 1.42. The molecule has 0 aliphatic carbocycles. The average Bonchev–Trinajstić information content (AvgIpc) is 2.17. The first kappa shape index (κ1) is 16.4. The van der Waals surface area contributed by atoms with Crippen molar-refractivity contribution in [3.05, 3.63) is 35.6 Å². The van der Waals surface area contributed by atoms with Gasteiger partial charge in [0.15, 0.2) is 0 Å². The monoisotopic (exact) mass is 261 g/mol. The summed E-state index contributed by atoms with van der Waals surface area (Å²) in [5.41, 5.74) is 6.65. The van der Waals surface area contributed by atoms with Crippen molar-refractivity contribution in [2.75, 3.05) is 0 Å². The fraction of sp³-hybridized carbons (Fsp3) is 0.538. The van der Waals surface area contributed by atoms with Gasteiger partial charge in [0.25, 0.3) is 0 Å². The summed E-state index contributed by atoms with van der Waals surface area (Å²) in [6.45, 7) is 6.11. The highest BCUT2D eigenvalue weighted by molar-refractivity contribution is 5.85. The molecule has 0 saturated carbocycles. The quantitative estimate of drug-likeness (QED) is 0.879. The van der Waals surface area contributed by atoms with E-state index in [9.17, 15) is 9.50 Å². The zero-order valence-electron chi connectivity index (χ0n) is 10.5. The summed E-state index contributed by atoms with van der Waals surface area (Å²) in [6, 6.07) is 5.79. The molecule has 98 valence electrons. The lowest BCUT2D eigenvalue weighted by atomic mass is 9.83. The molecule has 0 heterocycles. The van der Waals surface area contributed by atoms with Crippen molar-refractivity contribution in [3.8, 4) is 0 Å². The zero-order chi connectivity index (χ0) is 12.3. The summed E-state index contributed by atoms with van der Waals surface area (Å²) in [5, 5.41) is 9.94. The predicted octanol–water partition coefficient (Wildman–Crippen LogP) is 3.04. The molecule has 0 aliphatic rings. The first-order chi connectivity index (χ1) is 7.30. The Balaban J connectivity index is 0.00000256. The molecule has 2 atom stereocenters. The Morgan fingerprint density at radius 3 is 2.12 bits per heavy atom. The van der Waals surface area contributed by atoms with Gasteiger partial charge in [-0.3, -0.25) is 0 Å².